The maximum atomic E-state index is 6.24. The van der Waals surface area contributed by atoms with E-state index in [1.165, 1.54) is 11.1 Å². The van der Waals surface area contributed by atoms with Gasteiger partial charge in [-0.15, -0.1) is 0 Å². The molecule has 1 aliphatic rings. The van der Waals surface area contributed by atoms with Gasteiger partial charge in [-0.3, -0.25) is 14.8 Å². The summed E-state index contributed by atoms with van der Waals surface area (Å²) < 4.78 is 0. The van der Waals surface area contributed by atoms with Crippen molar-refractivity contribution in [3.63, 3.8) is 0 Å². The third kappa shape index (κ3) is 4.03. The molecule has 0 amide bonds. The van der Waals surface area contributed by atoms with Crippen LogP contribution in [0.4, 0.5) is 0 Å². The molecular formula is C17H20ClN3. The van der Waals surface area contributed by atoms with E-state index in [0.29, 0.717) is 0 Å². The van der Waals surface area contributed by atoms with E-state index in [2.05, 4.69) is 33.0 Å². The van der Waals surface area contributed by atoms with Crippen LogP contribution < -0.4 is 0 Å². The molecule has 0 saturated carbocycles. The van der Waals surface area contributed by atoms with Crippen molar-refractivity contribution in [2.45, 2.75) is 13.1 Å². The molecule has 3 nitrogen and oxygen atoms in total. The first-order valence-electron chi connectivity index (χ1n) is 7.38. The number of benzene rings is 1. The molecule has 1 saturated heterocycles. The van der Waals surface area contributed by atoms with E-state index in [4.69, 9.17) is 11.6 Å². The van der Waals surface area contributed by atoms with Gasteiger partial charge in [0.15, 0.2) is 0 Å². The Balaban J connectivity index is 1.50. The molecule has 3 rings (SSSR count). The lowest BCUT2D eigenvalue weighted by Gasteiger charge is -2.34. The molecule has 110 valence electrons. The summed E-state index contributed by atoms with van der Waals surface area (Å²) >= 11 is 6.24. The van der Waals surface area contributed by atoms with Crippen molar-refractivity contribution >= 4 is 11.6 Å². The van der Waals surface area contributed by atoms with E-state index < -0.39 is 0 Å². The number of rotatable bonds is 4. The Hall–Kier alpha value is -1.42. The van der Waals surface area contributed by atoms with Crippen molar-refractivity contribution in [3.05, 3.63) is 64.9 Å². The molecule has 0 aliphatic carbocycles. The van der Waals surface area contributed by atoms with Gasteiger partial charge >= 0.3 is 0 Å². The molecule has 1 aromatic carbocycles. The van der Waals surface area contributed by atoms with E-state index in [1.54, 1.807) is 0 Å². The van der Waals surface area contributed by atoms with Gasteiger partial charge in [0.1, 0.15) is 0 Å². The molecule has 1 aliphatic heterocycles. The lowest BCUT2D eigenvalue weighted by molar-refractivity contribution is 0.122. The highest BCUT2D eigenvalue weighted by atomic mass is 35.5. The van der Waals surface area contributed by atoms with Gasteiger partial charge in [-0.25, -0.2) is 0 Å². The fourth-order valence-corrected chi connectivity index (χ4v) is 2.92. The number of halogens is 1. The minimum atomic E-state index is 0.871. The first kappa shape index (κ1) is 14.5. The monoisotopic (exact) mass is 301 g/mol. The fraction of sp³-hybridized carbons (Fsp3) is 0.353. The molecule has 2 heterocycles. The average molecular weight is 302 g/mol. The van der Waals surface area contributed by atoms with Crippen LogP contribution in [0, 0.1) is 0 Å². The minimum absolute atomic E-state index is 0.871. The first-order valence-corrected chi connectivity index (χ1v) is 7.76. The van der Waals surface area contributed by atoms with Crippen molar-refractivity contribution in [2.24, 2.45) is 0 Å². The minimum Gasteiger partial charge on any atom is -0.296 e. The Labute approximate surface area is 131 Å². The summed E-state index contributed by atoms with van der Waals surface area (Å²) in [5.74, 6) is 0. The van der Waals surface area contributed by atoms with Gasteiger partial charge < -0.3 is 0 Å². The van der Waals surface area contributed by atoms with Gasteiger partial charge in [-0.05, 0) is 23.3 Å². The van der Waals surface area contributed by atoms with Gasteiger partial charge in [0.05, 0.1) is 0 Å². The van der Waals surface area contributed by atoms with Gasteiger partial charge in [0, 0.05) is 56.7 Å². The van der Waals surface area contributed by atoms with Crippen molar-refractivity contribution < 1.29 is 0 Å². The van der Waals surface area contributed by atoms with E-state index >= 15 is 0 Å². The maximum absolute atomic E-state index is 6.24. The van der Waals surface area contributed by atoms with Crippen LogP contribution in [0.1, 0.15) is 11.1 Å². The quantitative estimate of drug-likeness (QED) is 0.865. The van der Waals surface area contributed by atoms with Crippen LogP contribution in [0.2, 0.25) is 5.02 Å². The molecule has 0 N–H and O–H groups in total. The van der Waals surface area contributed by atoms with Gasteiger partial charge in [-0.2, -0.15) is 0 Å². The van der Waals surface area contributed by atoms with E-state index in [-0.39, 0.29) is 0 Å². The molecule has 0 unspecified atom stereocenters. The molecule has 21 heavy (non-hydrogen) atoms. The zero-order chi connectivity index (χ0) is 14.5. The standard InChI is InChI=1S/C17H20ClN3/c18-17-6-2-1-5-16(17)14-21-10-8-20(9-11-21)13-15-4-3-7-19-12-15/h1-7,12H,8-11,13-14H2. The van der Waals surface area contributed by atoms with Crippen LogP contribution >= 0.6 is 11.6 Å². The molecule has 0 spiro atoms. The summed E-state index contributed by atoms with van der Waals surface area (Å²) in [5, 5.41) is 0.871. The fourth-order valence-electron chi connectivity index (χ4n) is 2.72. The number of nitrogens with zero attached hydrogens (tertiary/aromatic N) is 3. The van der Waals surface area contributed by atoms with Crippen molar-refractivity contribution in [2.75, 3.05) is 26.2 Å². The zero-order valence-corrected chi connectivity index (χ0v) is 12.8. The van der Waals surface area contributed by atoms with Crippen LogP contribution in [0.5, 0.6) is 0 Å². The Morgan fingerprint density at radius 2 is 1.62 bits per heavy atom. The second kappa shape index (κ2) is 7.03. The number of hydrogen-bond donors (Lipinski definition) is 0. The molecule has 1 fully saturated rings. The molecular weight excluding hydrogens is 282 g/mol. The second-order valence-electron chi connectivity index (χ2n) is 5.50. The predicted molar refractivity (Wildman–Crippen MR) is 86.2 cm³/mol. The van der Waals surface area contributed by atoms with Crippen LogP contribution in [0.25, 0.3) is 0 Å². The Morgan fingerprint density at radius 3 is 2.29 bits per heavy atom. The molecule has 0 atom stereocenters. The van der Waals surface area contributed by atoms with Crippen molar-refractivity contribution in [1.82, 2.24) is 14.8 Å². The molecule has 0 bridgehead atoms. The summed E-state index contributed by atoms with van der Waals surface area (Å²) in [6.45, 7) is 6.31. The highest BCUT2D eigenvalue weighted by molar-refractivity contribution is 6.31. The Morgan fingerprint density at radius 1 is 0.905 bits per heavy atom. The Kier molecular flexibility index (Phi) is 4.86. The van der Waals surface area contributed by atoms with Crippen LogP contribution in [0.3, 0.4) is 0 Å². The van der Waals surface area contributed by atoms with E-state index in [1.807, 2.05) is 30.6 Å². The smallest absolute Gasteiger partial charge is 0.0451 e. The summed E-state index contributed by atoms with van der Waals surface area (Å²) in [6, 6.07) is 12.3. The van der Waals surface area contributed by atoms with Crippen LogP contribution in [-0.2, 0) is 13.1 Å². The molecule has 4 heteroatoms. The molecule has 2 aromatic rings. The largest absolute Gasteiger partial charge is 0.296 e. The summed E-state index contributed by atoms with van der Waals surface area (Å²) in [6.07, 6.45) is 3.78. The molecule has 0 radical (unpaired) electrons. The van der Waals surface area contributed by atoms with E-state index in [0.717, 1.165) is 44.3 Å². The average Bonchev–Trinajstić information content (AvgIpc) is 2.52. The topological polar surface area (TPSA) is 19.4 Å². The Bertz CT molecular complexity index is 565. The number of piperazine rings is 1. The van der Waals surface area contributed by atoms with Crippen LogP contribution in [-0.4, -0.2) is 41.0 Å². The lowest BCUT2D eigenvalue weighted by atomic mass is 10.2. The van der Waals surface area contributed by atoms with Crippen molar-refractivity contribution in [3.8, 4) is 0 Å². The van der Waals surface area contributed by atoms with E-state index in [9.17, 15) is 0 Å². The molecule has 1 aromatic heterocycles. The number of hydrogen-bond acceptors (Lipinski definition) is 3. The zero-order valence-electron chi connectivity index (χ0n) is 12.1. The predicted octanol–water partition coefficient (Wildman–Crippen LogP) is 3.05. The van der Waals surface area contributed by atoms with Gasteiger partial charge in [-0.1, -0.05) is 35.9 Å². The van der Waals surface area contributed by atoms with Gasteiger partial charge in [0.2, 0.25) is 0 Å². The summed E-state index contributed by atoms with van der Waals surface area (Å²) in [5.41, 5.74) is 2.51. The SMILES string of the molecule is Clc1ccccc1CN1CCN(Cc2cccnc2)CC1. The number of pyridine rings is 1. The maximum Gasteiger partial charge on any atom is 0.0451 e. The third-order valence-electron chi connectivity index (χ3n) is 3.95. The summed E-state index contributed by atoms with van der Waals surface area (Å²) in [7, 11) is 0. The normalized spacial score (nSPS) is 17.0. The third-order valence-corrected chi connectivity index (χ3v) is 4.31. The van der Waals surface area contributed by atoms with Gasteiger partial charge in [0.25, 0.3) is 0 Å². The van der Waals surface area contributed by atoms with Crippen molar-refractivity contribution in [1.29, 1.82) is 0 Å². The highest BCUT2D eigenvalue weighted by Gasteiger charge is 2.17. The first-order chi connectivity index (χ1) is 10.3. The highest BCUT2D eigenvalue weighted by Crippen LogP contribution is 2.18. The second-order valence-corrected chi connectivity index (χ2v) is 5.91. The van der Waals surface area contributed by atoms with Crippen LogP contribution in [0.15, 0.2) is 48.8 Å². The summed E-state index contributed by atoms with van der Waals surface area (Å²) in [4.78, 5) is 9.14. The lowest BCUT2D eigenvalue weighted by Crippen LogP contribution is -2.45. The number of aromatic nitrogens is 1.